The Morgan fingerprint density at radius 2 is 2.00 bits per heavy atom. The molecule has 1 saturated heterocycles. The minimum atomic E-state index is -0.618. The van der Waals surface area contributed by atoms with E-state index >= 15 is 0 Å². The lowest BCUT2D eigenvalue weighted by Crippen LogP contribution is -2.54. The van der Waals surface area contributed by atoms with Crippen LogP contribution in [0.5, 0.6) is 11.5 Å². The second-order valence-corrected chi connectivity index (χ2v) is 7.03. The first kappa shape index (κ1) is 16.1. The smallest absolute Gasteiger partial charge is 0.230 e. The molecular formula is C18H26N2O3. The molecule has 0 aliphatic carbocycles. The molecule has 0 saturated carbocycles. The summed E-state index contributed by atoms with van der Waals surface area (Å²) in [5.74, 6) is 2.02. The number of amides is 1. The van der Waals surface area contributed by atoms with Crippen LogP contribution in [0, 0.1) is 5.92 Å². The van der Waals surface area contributed by atoms with Crippen molar-refractivity contribution < 1.29 is 14.3 Å². The highest BCUT2D eigenvalue weighted by Gasteiger charge is 2.34. The summed E-state index contributed by atoms with van der Waals surface area (Å²) < 4.78 is 11.2. The maximum Gasteiger partial charge on any atom is 0.230 e. The van der Waals surface area contributed by atoms with Gasteiger partial charge in [-0.3, -0.25) is 4.79 Å². The van der Waals surface area contributed by atoms with Gasteiger partial charge < -0.3 is 20.1 Å². The lowest BCUT2D eigenvalue weighted by molar-refractivity contribution is -0.126. The Morgan fingerprint density at radius 3 is 2.74 bits per heavy atom. The summed E-state index contributed by atoms with van der Waals surface area (Å²) in [4.78, 5) is 12.8. The fraction of sp³-hybridized carbons (Fsp3) is 0.611. The molecule has 2 aliphatic heterocycles. The van der Waals surface area contributed by atoms with Gasteiger partial charge in [0, 0.05) is 12.6 Å². The van der Waals surface area contributed by atoms with Crippen LogP contribution < -0.4 is 20.1 Å². The molecule has 0 radical (unpaired) electrons. The molecule has 0 spiro atoms. The second kappa shape index (κ2) is 6.40. The summed E-state index contributed by atoms with van der Waals surface area (Å²) in [5.41, 5.74) is 0.322. The Bertz CT molecular complexity index is 586. The molecule has 0 bridgehead atoms. The van der Waals surface area contributed by atoms with Crippen LogP contribution in [0.25, 0.3) is 0 Å². The first-order valence-corrected chi connectivity index (χ1v) is 8.40. The van der Waals surface area contributed by atoms with Crippen molar-refractivity contribution in [2.24, 2.45) is 5.92 Å². The van der Waals surface area contributed by atoms with E-state index in [-0.39, 0.29) is 11.9 Å². The first-order valence-electron chi connectivity index (χ1n) is 8.40. The van der Waals surface area contributed by atoms with Crippen molar-refractivity contribution in [3.8, 4) is 11.5 Å². The van der Waals surface area contributed by atoms with Gasteiger partial charge in [-0.05, 0) is 50.4 Å². The van der Waals surface area contributed by atoms with E-state index in [1.807, 2.05) is 32.0 Å². The third kappa shape index (κ3) is 3.29. The van der Waals surface area contributed by atoms with Crippen LogP contribution in [-0.4, -0.2) is 38.3 Å². The van der Waals surface area contributed by atoms with Crippen LogP contribution in [0.4, 0.5) is 0 Å². The number of hydrogen-bond acceptors (Lipinski definition) is 4. The molecule has 1 fully saturated rings. The summed E-state index contributed by atoms with van der Waals surface area (Å²) in [6.07, 6.45) is 1.09. The highest BCUT2D eigenvalue weighted by molar-refractivity contribution is 5.87. The van der Waals surface area contributed by atoms with Gasteiger partial charge in [0.2, 0.25) is 5.91 Å². The number of carbonyl (C=O) groups is 1. The van der Waals surface area contributed by atoms with Crippen molar-refractivity contribution in [2.75, 3.05) is 26.3 Å². The number of ether oxygens (including phenoxy) is 2. The topological polar surface area (TPSA) is 59.6 Å². The lowest BCUT2D eigenvalue weighted by Gasteiger charge is -2.34. The van der Waals surface area contributed by atoms with Crippen molar-refractivity contribution in [2.45, 2.75) is 38.6 Å². The Labute approximate surface area is 137 Å². The van der Waals surface area contributed by atoms with Crippen LogP contribution >= 0.6 is 0 Å². The summed E-state index contributed by atoms with van der Waals surface area (Å²) in [7, 11) is 0. The Hall–Kier alpha value is -1.75. The van der Waals surface area contributed by atoms with Crippen LogP contribution in [-0.2, 0) is 10.2 Å². The number of nitrogens with one attached hydrogen (secondary N) is 2. The van der Waals surface area contributed by atoms with Crippen LogP contribution in [0.3, 0.4) is 0 Å². The summed E-state index contributed by atoms with van der Waals surface area (Å²) in [6.45, 7) is 9.09. The summed E-state index contributed by atoms with van der Waals surface area (Å²) >= 11 is 0. The van der Waals surface area contributed by atoms with E-state index in [2.05, 4.69) is 17.6 Å². The van der Waals surface area contributed by atoms with Crippen molar-refractivity contribution in [1.29, 1.82) is 0 Å². The molecule has 5 heteroatoms. The van der Waals surface area contributed by atoms with Gasteiger partial charge >= 0.3 is 0 Å². The number of piperidine rings is 1. The predicted molar refractivity (Wildman–Crippen MR) is 89.0 cm³/mol. The molecular weight excluding hydrogens is 292 g/mol. The Kier molecular flexibility index (Phi) is 4.48. The molecule has 23 heavy (non-hydrogen) atoms. The van der Waals surface area contributed by atoms with E-state index in [9.17, 15) is 4.79 Å². The van der Waals surface area contributed by atoms with Crippen LogP contribution in [0.2, 0.25) is 0 Å². The van der Waals surface area contributed by atoms with E-state index in [0.29, 0.717) is 19.1 Å². The van der Waals surface area contributed by atoms with E-state index in [0.717, 1.165) is 36.6 Å². The van der Waals surface area contributed by atoms with Gasteiger partial charge in [0.25, 0.3) is 0 Å². The fourth-order valence-electron chi connectivity index (χ4n) is 3.09. The minimum absolute atomic E-state index is 0.0507. The number of hydrogen-bond donors (Lipinski definition) is 2. The van der Waals surface area contributed by atoms with Gasteiger partial charge in [0.1, 0.15) is 13.2 Å². The Morgan fingerprint density at radius 1 is 1.26 bits per heavy atom. The molecule has 2 unspecified atom stereocenters. The molecule has 126 valence electrons. The zero-order valence-electron chi connectivity index (χ0n) is 14.1. The van der Waals surface area contributed by atoms with Crippen LogP contribution in [0.15, 0.2) is 18.2 Å². The summed E-state index contributed by atoms with van der Waals surface area (Å²) in [5, 5.41) is 6.57. The van der Waals surface area contributed by atoms with Gasteiger partial charge in [-0.15, -0.1) is 0 Å². The second-order valence-electron chi connectivity index (χ2n) is 7.03. The third-order valence-corrected chi connectivity index (χ3v) is 4.98. The quantitative estimate of drug-likeness (QED) is 0.893. The van der Waals surface area contributed by atoms with E-state index < -0.39 is 5.41 Å². The number of carbonyl (C=O) groups excluding carboxylic acids is 1. The van der Waals surface area contributed by atoms with E-state index in [1.54, 1.807) is 0 Å². The largest absolute Gasteiger partial charge is 0.486 e. The predicted octanol–water partition coefficient (Wildman–Crippen LogP) is 1.85. The van der Waals surface area contributed by atoms with Gasteiger partial charge in [-0.25, -0.2) is 0 Å². The molecule has 0 aromatic heterocycles. The van der Waals surface area contributed by atoms with Crippen molar-refractivity contribution in [3.63, 3.8) is 0 Å². The highest BCUT2D eigenvalue weighted by Crippen LogP contribution is 2.35. The molecule has 2 aliphatic rings. The maximum atomic E-state index is 12.8. The first-order chi connectivity index (χ1) is 11.0. The standard InChI is InChI=1S/C18H26N2O3/c1-12-6-7-19-11-14(12)20-17(21)18(2,3)13-4-5-15-16(10-13)23-9-8-22-15/h4-5,10,12,14,19H,6-9,11H2,1-3H3,(H,20,21). The molecule has 5 nitrogen and oxygen atoms in total. The molecule has 2 N–H and O–H groups in total. The average Bonchev–Trinajstić information content (AvgIpc) is 2.56. The van der Waals surface area contributed by atoms with Gasteiger partial charge in [0.05, 0.1) is 5.41 Å². The zero-order valence-corrected chi connectivity index (χ0v) is 14.1. The number of benzene rings is 1. The highest BCUT2D eigenvalue weighted by atomic mass is 16.6. The fourth-order valence-corrected chi connectivity index (χ4v) is 3.09. The monoisotopic (exact) mass is 318 g/mol. The maximum absolute atomic E-state index is 12.8. The van der Waals surface area contributed by atoms with Crippen molar-refractivity contribution in [1.82, 2.24) is 10.6 Å². The van der Waals surface area contributed by atoms with Gasteiger partial charge in [-0.2, -0.15) is 0 Å². The molecule has 2 heterocycles. The average molecular weight is 318 g/mol. The zero-order chi connectivity index (χ0) is 16.4. The number of rotatable bonds is 3. The Balaban J connectivity index is 1.75. The molecule has 2 atom stereocenters. The summed E-state index contributed by atoms with van der Waals surface area (Å²) in [6, 6.07) is 5.96. The minimum Gasteiger partial charge on any atom is -0.486 e. The van der Waals surface area contributed by atoms with E-state index in [4.69, 9.17) is 9.47 Å². The van der Waals surface area contributed by atoms with Crippen molar-refractivity contribution in [3.05, 3.63) is 23.8 Å². The van der Waals surface area contributed by atoms with Crippen LogP contribution in [0.1, 0.15) is 32.8 Å². The van der Waals surface area contributed by atoms with Crippen molar-refractivity contribution >= 4 is 5.91 Å². The van der Waals surface area contributed by atoms with Gasteiger partial charge in [-0.1, -0.05) is 13.0 Å². The SMILES string of the molecule is CC1CCNCC1NC(=O)C(C)(C)c1ccc2c(c1)OCCO2. The number of fused-ring (bicyclic) bond motifs is 1. The molecule has 3 rings (SSSR count). The molecule has 1 aromatic rings. The van der Waals surface area contributed by atoms with E-state index in [1.165, 1.54) is 0 Å². The third-order valence-electron chi connectivity index (χ3n) is 4.98. The molecule has 1 amide bonds. The van der Waals surface area contributed by atoms with Gasteiger partial charge in [0.15, 0.2) is 11.5 Å². The lowest BCUT2D eigenvalue weighted by atomic mass is 9.82. The molecule has 1 aromatic carbocycles. The normalized spacial score (nSPS) is 24.1.